The van der Waals surface area contributed by atoms with Gasteiger partial charge >= 0.3 is 18.6 Å². The second-order valence-electron chi connectivity index (χ2n) is 6.40. The maximum Gasteiger partial charge on any atom is 0.599 e. The zero-order valence-electron chi connectivity index (χ0n) is 12.7. The average Bonchev–Trinajstić information content (AvgIpc) is 2.84. The van der Waals surface area contributed by atoms with E-state index in [1.54, 1.807) is 14.0 Å². The molecule has 6 nitrogen and oxygen atoms in total. The first-order valence-corrected chi connectivity index (χ1v) is 8.44. The lowest BCUT2D eigenvalue weighted by atomic mass is 9.62. The van der Waals surface area contributed by atoms with Gasteiger partial charge in [0.05, 0.1) is 9.93 Å². The van der Waals surface area contributed by atoms with Crippen molar-refractivity contribution in [3.05, 3.63) is 35.1 Å². The number of benzene rings is 1. The van der Waals surface area contributed by atoms with E-state index < -0.39 is 28.6 Å². The fourth-order valence-corrected chi connectivity index (χ4v) is 4.86. The number of carbonyl (C=O) groups is 2. The quantitative estimate of drug-likeness (QED) is 0.436. The molecule has 1 N–H and O–H groups in total. The van der Waals surface area contributed by atoms with Crippen molar-refractivity contribution in [3.8, 4) is 0 Å². The molecule has 0 aromatic heterocycles. The number of aliphatic hydroxyl groups excluding tert-OH is 1. The van der Waals surface area contributed by atoms with E-state index in [-0.39, 0.29) is 23.3 Å². The minimum Gasteiger partial charge on any atom is -0.599 e. The molecule has 1 aromatic rings. The molecule has 1 aromatic carbocycles. The van der Waals surface area contributed by atoms with Gasteiger partial charge < -0.3 is 18.8 Å². The normalized spacial score (nSPS) is 32.2. The Balaban J connectivity index is 1.97. The molecule has 2 fully saturated rings. The van der Waals surface area contributed by atoms with Gasteiger partial charge in [-0.3, -0.25) is 9.59 Å². The van der Waals surface area contributed by atoms with Crippen molar-refractivity contribution in [2.75, 3.05) is 20.1 Å². The number of nitrogens with zero attached hydrogens (tertiary/aromatic N) is 1. The highest BCUT2D eigenvalue weighted by Gasteiger charge is 2.69. The summed E-state index contributed by atoms with van der Waals surface area (Å²) in [7, 11) is 1.71. The molecule has 2 heterocycles. The number of hydrogen-bond donors (Lipinski definition) is 1. The number of fused-ring (bicyclic) bond motifs is 1. The van der Waals surface area contributed by atoms with Crippen molar-refractivity contribution in [1.82, 2.24) is 0 Å². The number of carbonyl (C=O) groups excluding carboxylic acids is 2. The van der Waals surface area contributed by atoms with Gasteiger partial charge in [-0.1, -0.05) is 12.1 Å². The van der Waals surface area contributed by atoms with Gasteiger partial charge in [0.15, 0.2) is 0 Å². The third-order valence-electron chi connectivity index (χ3n) is 4.68. The summed E-state index contributed by atoms with van der Waals surface area (Å²) in [6, 6.07) is 4.29. The van der Waals surface area contributed by atoms with E-state index in [4.69, 9.17) is 9.31 Å². The van der Waals surface area contributed by atoms with Crippen molar-refractivity contribution in [3.63, 3.8) is 0 Å². The van der Waals surface area contributed by atoms with Gasteiger partial charge in [0.2, 0.25) is 0 Å². The molecule has 124 valence electrons. The zero-order chi connectivity index (χ0) is 17.0. The molecule has 23 heavy (non-hydrogen) atoms. The van der Waals surface area contributed by atoms with E-state index in [0.717, 1.165) is 0 Å². The third kappa shape index (κ3) is 2.45. The highest BCUT2D eigenvalue weighted by molar-refractivity contribution is 14.1. The molecule has 3 rings (SSSR count). The lowest BCUT2D eigenvalue weighted by Crippen LogP contribution is -2.66. The summed E-state index contributed by atoms with van der Waals surface area (Å²) in [5.41, 5.74) is 0.885. The summed E-state index contributed by atoms with van der Waals surface area (Å²) in [5.74, 6) is -1.27. The molecule has 0 spiro atoms. The first-order valence-electron chi connectivity index (χ1n) is 7.19. The van der Waals surface area contributed by atoms with Gasteiger partial charge in [-0.05, 0) is 24.1 Å². The summed E-state index contributed by atoms with van der Waals surface area (Å²) in [6.45, 7) is -0.708. The molecule has 0 radical (unpaired) electrons. The van der Waals surface area contributed by atoms with Crippen LogP contribution in [-0.2, 0) is 18.9 Å². The molecule has 0 aliphatic carbocycles. The average molecular weight is 435 g/mol. The molecule has 2 atom stereocenters. The molecule has 0 amide bonds. The Labute approximate surface area is 146 Å². The fourth-order valence-electron chi connectivity index (χ4n) is 3.37. The molecular formula is C14H16BFINO5. The maximum atomic E-state index is 13.4. The lowest BCUT2D eigenvalue weighted by molar-refractivity contribution is -0.794. The third-order valence-corrected chi connectivity index (χ3v) is 6.27. The van der Waals surface area contributed by atoms with E-state index in [9.17, 15) is 19.1 Å². The predicted octanol–water partition coefficient (Wildman–Crippen LogP) is 1.01. The standard InChI is InChI=1S/C14H16BFINO5/c1-8-5-9(3-4-10(8)16)13(21)14(17)15-18(2,6-11(19)22-15)7-12(20)23-15/h3-5,13-14,21H,6-7H2,1-2H3/t13-,14-,15?,18?/m1/s1. The number of rotatable bonds is 3. The summed E-state index contributed by atoms with van der Waals surface area (Å²) >= 11 is 1.95. The number of alkyl halides is 1. The van der Waals surface area contributed by atoms with Crippen LogP contribution in [0.4, 0.5) is 4.39 Å². The van der Waals surface area contributed by atoms with Crippen LogP contribution in [0.25, 0.3) is 0 Å². The van der Waals surface area contributed by atoms with Crippen LogP contribution in [0.2, 0.25) is 0 Å². The van der Waals surface area contributed by atoms with Gasteiger partial charge in [-0.25, -0.2) is 4.39 Å². The molecule has 0 bridgehead atoms. The van der Waals surface area contributed by atoms with Gasteiger partial charge in [-0.2, -0.15) is 0 Å². The van der Waals surface area contributed by atoms with Crippen molar-refractivity contribution in [1.29, 1.82) is 0 Å². The maximum absolute atomic E-state index is 13.4. The van der Waals surface area contributed by atoms with Crippen LogP contribution < -0.4 is 0 Å². The monoisotopic (exact) mass is 435 g/mol. The van der Waals surface area contributed by atoms with Crippen LogP contribution in [0.3, 0.4) is 0 Å². The number of hydrogen-bond acceptors (Lipinski definition) is 5. The van der Waals surface area contributed by atoms with Crippen LogP contribution in [0, 0.1) is 12.7 Å². The van der Waals surface area contributed by atoms with Crippen LogP contribution >= 0.6 is 22.6 Å². The van der Waals surface area contributed by atoms with Gasteiger partial charge in [-0.15, -0.1) is 22.6 Å². The van der Waals surface area contributed by atoms with Crippen molar-refractivity contribution in [2.24, 2.45) is 0 Å². The van der Waals surface area contributed by atoms with E-state index in [1.165, 1.54) is 18.2 Å². The molecule has 2 saturated heterocycles. The summed E-state index contributed by atoms with van der Waals surface area (Å²) in [4.78, 5) is 23.6. The fraction of sp³-hybridized carbons (Fsp3) is 0.429. The number of aliphatic hydroxyl groups is 1. The zero-order valence-corrected chi connectivity index (χ0v) is 14.8. The van der Waals surface area contributed by atoms with E-state index in [0.29, 0.717) is 11.1 Å². The molecule has 2 aliphatic heterocycles. The number of halogens is 2. The Morgan fingerprint density at radius 3 is 2.39 bits per heavy atom. The molecule has 9 heteroatoms. The molecular weight excluding hydrogens is 419 g/mol. The van der Waals surface area contributed by atoms with Crippen LogP contribution in [0.5, 0.6) is 0 Å². The minimum absolute atomic E-state index is 0.00249. The second kappa shape index (κ2) is 5.42. The summed E-state index contributed by atoms with van der Waals surface area (Å²) in [6.07, 6.45) is -1.07. The Bertz CT molecular complexity index is 680. The summed E-state index contributed by atoms with van der Waals surface area (Å²) < 4.78 is 23.6. The Hall–Kier alpha value is -1.20. The molecule has 2 aliphatic rings. The van der Waals surface area contributed by atoms with Gasteiger partial charge in [0.25, 0.3) is 0 Å². The highest BCUT2D eigenvalue weighted by atomic mass is 127. The van der Waals surface area contributed by atoms with Gasteiger partial charge in [0, 0.05) is 7.05 Å². The Morgan fingerprint density at radius 2 is 1.87 bits per heavy atom. The van der Waals surface area contributed by atoms with Crippen LogP contribution in [0.15, 0.2) is 18.2 Å². The molecule has 0 unspecified atom stereocenters. The SMILES string of the molecule is Cc1cc([C@@H](O)[C@@H](I)[B-]23OC(=O)C[N+]2(C)CC(=O)O3)ccc1F. The highest BCUT2D eigenvalue weighted by Crippen LogP contribution is 2.43. The number of quaternary nitrogens is 1. The van der Waals surface area contributed by atoms with Crippen molar-refractivity contribution in [2.45, 2.75) is 16.9 Å². The van der Waals surface area contributed by atoms with Gasteiger partial charge in [0.1, 0.15) is 18.9 Å². The van der Waals surface area contributed by atoms with Crippen LogP contribution in [-0.4, -0.2) is 52.1 Å². The first kappa shape index (κ1) is 16.7. The smallest absolute Gasteiger partial charge is 0.599 e. The largest absolute Gasteiger partial charge is 0.599 e. The Morgan fingerprint density at radius 1 is 1.30 bits per heavy atom. The summed E-state index contributed by atoms with van der Waals surface area (Å²) in [5, 5.41) is 10.7. The number of likely N-dealkylation sites (N-methyl/N-ethyl adjacent to an activating group) is 1. The van der Waals surface area contributed by atoms with Crippen LogP contribution in [0.1, 0.15) is 17.2 Å². The minimum atomic E-state index is -2.36. The lowest BCUT2D eigenvalue weighted by Gasteiger charge is -2.43. The second-order valence-corrected chi connectivity index (χ2v) is 7.84. The van der Waals surface area contributed by atoms with E-state index in [1.807, 2.05) is 22.6 Å². The van der Waals surface area contributed by atoms with Crippen molar-refractivity contribution < 1.29 is 32.8 Å². The van der Waals surface area contributed by atoms with Crippen molar-refractivity contribution >= 4 is 41.2 Å². The van der Waals surface area contributed by atoms with E-state index in [2.05, 4.69) is 0 Å². The predicted molar refractivity (Wildman–Crippen MR) is 87.8 cm³/mol. The first-order chi connectivity index (χ1) is 10.7. The number of aryl methyl sites for hydroxylation is 1. The topological polar surface area (TPSA) is 72.8 Å². The molecule has 0 saturated carbocycles. The van der Waals surface area contributed by atoms with E-state index >= 15 is 0 Å². The Kier molecular flexibility index (Phi) is 3.92.